The molecule has 3 rings (SSSR count). The average molecular weight is 391 g/mol. The topological polar surface area (TPSA) is 49.7 Å². The molecule has 3 nitrogen and oxygen atoms in total. The zero-order chi connectivity index (χ0) is 21.5. The molecule has 3 aromatic rings. The Morgan fingerprint density at radius 1 is 0.690 bits per heavy atom. The molecule has 0 unspecified atom stereocenters. The van der Waals surface area contributed by atoms with Crippen LogP contribution < -0.4 is 4.74 Å². The predicted molar refractivity (Wildman–Crippen MR) is 120 cm³/mol. The van der Waals surface area contributed by atoms with Gasteiger partial charge in [-0.3, -0.25) is 0 Å². The van der Waals surface area contributed by atoms with Gasteiger partial charge in [0.05, 0.1) is 0 Å². The Kier molecular flexibility index (Phi) is 5.36. The van der Waals surface area contributed by atoms with Gasteiger partial charge >= 0.3 is 0 Å². The Hall–Kier alpha value is -2.94. The second kappa shape index (κ2) is 7.47. The van der Waals surface area contributed by atoms with Gasteiger partial charge in [-0.05, 0) is 118 Å². The Labute approximate surface area is 173 Å². The fraction of sp³-hybridized carbons (Fsp3) is 0.308. The number of aromatic hydroxyl groups is 2. The maximum atomic E-state index is 10.3. The normalized spacial score (nSPS) is 11.6. The summed E-state index contributed by atoms with van der Waals surface area (Å²) in [6.07, 6.45) is 0. The van der Waals surface area contributed by atoms with Crippen LogP contribution in [0.1, 0.15) is 43.0 Å². The third-order valence-corrected chi connectivity index (χ3v) is 5.02. The Morgan fingerprint density at radius 2 is 1.14 bits per heavy atom. The zero-order valence-corrected chi connectivity index (χ0v) is 18.3. The molecule has 0 spiro atoms. The maximum Gasteiger partial charge on any atom is 0.128 e. The molecule has 0 fully saturated rings. The highest BCUT2D eigenvalue weighted by Crippen LogP contribution is 2.43. The van der Waals surface area contributed by atoms with Crippen molar-refractivity contribution in [2.75, 3.05) is 0 Å². The minimum atomic E-state index is -0.352. The molecule has 0 saturated carbocycles. The Balaban J connectivity index is 2.35. The fourth-order valence-electron chi connectivity index (χ4n) is 3.70. The summed E-state index contributed by atoms with van der Waals surface area (Å²) in [5.41, 5.74) is 7.02. The van der Waals surface area contributed by atoms with Crippen LogP contribution in [0, 0.1) is 27.7 Å². The summed E-state index contributed by atoms with van der Waals surface area (Å²) in [6.45, 7) is 13.7. The van der Waals surface area contributed by atoms with Crippen molar-refractivity contribution < 1.29 is 14.9 Å². The van der Waals surface area contributed by atoms with E-state index in [1.54, 1.807) is 0 Å². The van der Waals surface area contributed by atoms with Crippen LogP contribution in [0.3, 0.4) is 0 Å². The molecule has 0 heterocycles. The number of aryl methyl sites for hydroxylation is 4. The van der Waals surface area contributed by atoms with Crippen molar-refractivity contribution in [3.63, 3.8) is 0 Å². The van der Waals surface area contributed by atoms with Crippen LogP contribution in [-0.2, 0) is 0 Å². The lowest BCUT2D eigenvalue weighted by Gasteiger charge is -2.25. The summed E-state index contributed by atoms with van der Waals surface area (Å²) in [5, 5.41) is 20.5. The molecular formula is C26H30O3. The second-order valence-electron chi connectivity index (χ2n) is 8.81. The number of ether oxygens (including phenoxy) is 1. The van der Waals surface area contributed by atoms with E-state index in [2.05, 4.69) is 6.07 Å². The van der Waals surface area contributed by atoms with Gasteiger partial charge in [0.25, 0.3) is 0 Å². The van der Waals surface area contributed by atoms with Crippen LogP contribution in [0.5, 0.6) is 17.2 Å². The first-order valence-corrected chi connectivity index (χ1v) is 9.91. The van der Waals surface area contributed by atoms with Gasteiger partial charge in [-0.15, -0.1) is 0 Å². The number of hydrogen-bond acceptors (Lipinski definition) is 3. The van der Waals surface area contributed by atoms with Crippen molar-refractivity contribution in [1.82, 2.24) is 0 Å². The highest BCUT2D eigenvalue weighted by Gasteiger charge is 2.20. The zero-order valence-electron chi connectivity index (χ0n) is 18.3. The van der Waals surface area contributed by atoms with Gasteiger partial charge in [0.15, 0.2) is 0 Å². The van der Waals surface area contributed by atoms with Crippen LogP contribution in [0.2, 0.25) is 0 Å². The minimum absolute atomic E-state index is 0.320. The molecule has 0 aliphatic rings. The molecule has 0 bridgehead atoms. The van der Waals surface area contributed by atoms with Gasteiger partial charge in [0.1, 0.15) is 22.8 Å². The van der Waals surface area contributed by atoms with E-state index in [1.807, 2.05) is 84.9 Å². The number of phenols is 2. The monoisotopic (exact) mass is 390 g/mol. The largest absolute Gasteiger partial charge is 0.507 e. The third-order valence-electron chi connectivity index (χ3n) is 5.02. The lowest BCUT2D eigenvalue weighted by Crippen LogP contribution is -2.23. The summed E-state index contributed by atoms with van der Waals surface area (Å²) in [7, 11) is 0. The van der Waals surface area contributed by atoms with E-state index in [-0.39, 0.29) is 5.60 Å². The first-order chi connectivity index (χ1) is 13.5. The molecule has 3 aromatic carbocycles. The molecular weight excluding hydrogens is 360 g/mol. The molecule has 0 aliphatic heterocycles. The number of phenolic OH excluding ortho intramolecular Hbond substituents is 2. The first-order valence-electron chi connectivity index (χ1n) is 9.91. The number of benzene rings is 3. The van der Waals surface area contributed by atoms with E-state index in [1.165, 1.54) is 0 Å². The number of hydrogen-bond donors (Lipinski definition) is 2. The fourth-order valence-corrected chi connectivity index (χ4v) is 3.70. The van der Waals surface area contributed by atoms with Gasteiger partial charge in [-0.2, -0.15) is 0 Å². The Morgan fingerprint density at radius 3 is 1.59 bits per heavy atom. The standard InChI is InChI=1S/C26H30O3/c1-15-11-19(12-16(2)24(15)27)21-9-8-10-22(29-26(5,6)7)23(21)20-13-17(3)25(28)18(4)14-20/h8-14,27-28H,1-7H3. The van der Waals surface area contributed by atoms with Crippen molar-refractivity contribution in [3.05, 3.63) is 64.7 Å². The first kappa shape index (κ1) is 20.8. The maximum absolute atomic E-state index is 10.3. The van der Waals surface area contributed by atoms with Gasteiger partial charge < -0.3 is 14.9 Å². The summed E-state index contributed by atoms with van der Waals surface area (Å²) in [5.74, 6) is 1.44. The Bertz CT molecular complexity index is 1030. The molecule has 2 N–H and O–H groups in total. The minimum Gasteiger partial charge on any atom is -0.507 e. The van der Waals surface area contributed by atoms with E-state index in [4.69, 9.17) is 4.74 Å². The van der Waals surface area contributed by atoms with Crippen LogP contribution in [0.15, 0.2) is 42.5 Å². The van der Waals surface area contributed by atoms with Crippen molar-refractivity contribution in [2.24, 2.45) is 0 Å². The molecule has 29 heavy (non-hydrogen) atoms. The number of rotatable bonds is 3. The summed E-state index contributed by atoms with van der Waals surface area (Å²) >= 11 is 0. The lowest BCUT2D eigenvalue weighted by molar-refractivity contribution is 0.132. The molecule has 152 valence electrons. The summed E-state index contributed by atoms with van der Waals surface area (Å²) in [6, 6.07) is 14.1. The van der Waals surface area contributed by atoms with E-state index in [0.29, 0.717) is 11.5 Å². The summed E-state index contributed by atoms with van der Waals surface area (Å²) < 4.78 is 6.33. The quantitative estimate of drug-likeness (QED) is 0.514. The van der Waals surface area contributed by atoms with Crippen molar-refractivity contribution in [2.45, 2.75) is 54.1 Å². The van der Waals surface area contributed by atoms with Crippen molar-refractivity contribution in [3.8, 4) is 39.5 Å². The molecule has 0 aliphatic carbocycles. The molecule has 0 amide bonds. The van der Waals surface area contributed by atoms with E-state index < -0.39 is 0 Å². The smallest absolute Gasteiger partial charge is 0.128 e. The molecule has 3 heteroatoms. The SMILES string of the molecule is Cc1cc(-c2cccc(OC(C)(C)C)c2-c2cc(C)c(O)c(C)c2)cc(C)c1O. The lowest BCUT2D eigenvalue weighted by atomic mass is 9.90. The van der Waals surface area contributed by atoms with Gasteiger partial charge in [0.2, 0.25) is 0 Å². The van der Waals surface area contributed by atoms with E-state index in [9.17, 15) is 10.2 Å². The van der Waals surface area contributed by atoms with Crippen LogP contribution in [0.4, 0.5) is 0 Å². The molecule has 0 aromatic heterocycles. The van der Waals surface area contributed by atoms with Gasteiger partial charge in [0, 0.05) is 5.56 Å². The van der Waals surface area contributed by atoms with E-state index in [0.717, 1.165) is 50.3 Å². The van der Waals surface area contributed by atoms with Crippen molar-refractivity contribution in [1.29, 1.82) is 0 Å². The molecule has 0 saturated heterocycles. The highest BCUT2D eigenvalue weighted by molar-refractivity contribution is 5.89. The second-order valence-corrected chi connectivity index (χ2v) is 8.81. The average Bonchev–Trinajstić information content (AvgIpc) is 2.62. The predicted octanol–water partition coefficient (Wildman–Crippen LogP) is 6.84. The van der Waals surface area contributed by atoms with Crippen LogP contribution in [-0.4, -0.2) is 15.8 Å². The van der Waals surface area contributed by atoms with Crippen molar-refractivity contribution >= 4 is 0 Å². The summed E-state index contributed by atoms with van der Waals surface area (Å²) in [4.78, 5) is 0. The van der Waals surface area contributed by atoms with Crippen LogP contribution >= 0.6 is 0 Å². The van der Waals surface area contributed by atoms with E-state index >= 15 is 0 Å². The third kappa shape index (κ3) is 4.24. The molecule has 0 atom stereocenters. The highest BCUT2D eigenvalue weighted by atomic mass is 16.5. The van der Waals surface area contributed by atoms with Gasteiger partial charge in [-0.25, -0.2) is 0 Å². The van der Waals surface area contributed by atoms with Gasteiger partial charge in [-0.1, -0.05) is 12.1 Å². The molecule has 0 radical (unpaired) electrons. The van der Waals surface area contributed by atoms with Crippen LogP contribution in [0.25, 0.3) is 22.3 Å².